The normalized spacial score (nSPS) is 16.6. The number of amides is 1. The third-order valence-corrected chi connectivity index (χ3v) is 2.11. The second kappa shape index (κ2) is 4.94. The molecule has 0 saturated heterocycles. The van der Waals surface area contributed by atoms with Gasteiger partial charge in [-0.25, -0.2) is 0 Å². The first-order valence-electron chi connectivity index (χ1n) is 4.05. The number of nitrogens with two attached hydrogens (primary N) is 1. The van der Waals surface area contributed by atoms with E-state index in [9.17, 15) is 4.79 Å². The number of hydrogen-bond acceptors (Lipinski definition) is 1. The van der Waals surface area contributed by atoms with Crippen molar-refractivity contribution in [1.82, 2.24) is 0 Å². The van der Waals surface area contributed by atoms with E-state index in [4.69, 9.17) is 5.73 Å². The van der Waals surface area contributed by atoms with Crippen LogP contribution >= 0.6 is 0 Å². The molecular formula is C9H17NO. The molecule has 0 aromatic rings. The number of rotatable bonds is 4. The Bertz CT molecular complexity index is 152. The molecule has 0 bridgehead atoms. The van der Waals surface area contributed by atoms with E-state index in [2.05, 4.69) is 20.8 Å². The molecular weight excluding hydrogens is 138 g/mol. The van der Waals surface area contributed by atoms with Gasteiger partial charge < -0.3 is 5.73 Å². The van der Waals surface area contributed by atoms with Gasteiger partial charge in [0.25, 0.3) is 0 Å². The summed E-state index contributed by atoms with van der Waals surface area (Å²) in [6.07, 6.45) is 4.44. The van der Waals surface area contributed by atoms with Crippen LogP contribution in [0, 0.1) is 11.8 Å². The summed E-state index contributed by atoms with van der Waals surface area (Å²) in [6, 6.07) is 0. The van der Waals surface area contributed by atoms with Crippen molar-refractivity contribution in [3.63, 3.8) is 0 Å². The molecule has 0 aliphatic rings. The SMILES string of the molecule is CCC(C)C(C)C=CC(N)=O. The molecule has 0 aromatic heterocycles. The van der Waals surface area contributed by atoms with E-state index >= 15 is 0 Å². The van der Waals surface area contributed by atoms with Crippen LogP contribution in [0.25, 0.3) is 0 Å². The van der Waals surface area contributed by atoms with Crippen LogP contribution < -0.4 is 5.73 Å². The van der Waals surface area contributed by atoms with Gasteiger partial charge in [-0.3, -0.25) is 4.79 Å². The van der Waals surface area contributed by atoms with Gasteiger partial charge in [-0.05, 0) is 17.9 Å². The van der Waals surface area contributed by atoms with Crippen molar-refractivity contribution >= 4 is 5.91 Å². The molecule has 11 heavy (non-hydrogen) atoms. The fourth-order valence-corrected chi connectivity index (χ4v) is 0.808. The van der Waals surface area contributed by atoms with Gasteiger partial charge in [-0.1, -0.05) is 33.3 Å². The molecule has 1 amide bonds. The summed E-state index contributed by atoms with van der Waals surface area (Å²) >= 11 is 0. The van der Waals surface area contributed by atoms with Crippen LogP contribution in [0.1, 0.15) is 27.2 Å². The van der Waals surface area contributed by atoms with Gasteiger partial charge in [-0.15, -0.1) is 0 Å². The minimum absolute atomic E-state index is 0.361. The quantitative estimate of drug-likeness (QED) is 0.617. The lowest BCUT2D eigenvalue weighted by atomic mass is 9.93. The van der Waals surface area contributed by atoms with Crippen LogP contribution in [0.5, 0.6) is 0 Å². The number of carbonyl (C=O) groups is 1. The van der Waals surface area contributed by atoms with Crippen LogP contribution in [-0.4, -0.2) is 5.91 Å². The van der Waals surface area contributed by atoms with Gasteiger partial charge in [0, 0.05) is 0 Å². The zero-order valence-corrected chi connectivity index (χ0v) is 7.50. The predicted molar refractivity (Wildman–Crippen MR) is 47.0 cm³/mol. The zero-order valence-electron chi connectivity index (χ0n) is 7.50. The lowest BCUT2D eigenvalue weighted by Gasteiger charge is -2.12. The van der Waals surface area contributed by atoms with Crippen molar-refractivity contribution in [1.29, 1.82) is 0 Å². The minimum atomic E-state index is -0.361. The summed E-state index contributed by atoms with van der Waals surface area (Å²) in [6.45, 7) is 6.39. The molecule has 0 rings (SSSR count). The summed E-state index contributed by atoms with van der Waals surface area (Å²) in [7, 11) is 0. The molecule has 0 radical (unpaired) electrons. The molecule has 0 fully saturated rings. The Hall–Kier alpha value is -0.790. The van der Waals surface area contributed by atoms with Gasteiger partial charge in [0.15, 0.2) is 0 Å². The van der Waals surface area contributed by atoms with E-state index in [0.717, 1.165) is 6.42 Å². The topological polar surface area (TPSA) is 43.1 Å². The Balaban J connectivity index is 3.85. The standard InChI is InChI=1S/C9H17NO/c1-4-7(2)8(3)5-6-9(10)11/h5-8H,4H2,1-3H3,(H2,10,11). The van der Waals surface area contributed by atoms with Gasteiger partial charge >= 0.3 is 0 Å². The molecule has 0 spiro atoms. The van der Waals surface area contributed by atoms with E-state index in [1.165, 1.54) is 6.08 Å². The maximum absolute atomic E-state index is 10.4. The average Bonchev–Trinajstić information content (AvgIpc) is 1.98. The highest BCUT2D eigenvalue weighted by Crippen LogP contribution is 2.14. The van der Waals surface area contributed by atoms with Crippen molar-refractivity contribution in [2.75, 3.05) is 0 Å². The molecule has 0 heterocycles. The number of carbonyl (C=O) groups excluding carboxylic acids is 1. The van der Waals surface area contributed by atoms with E-state index in [1.807, 2.05) is 6.08 Å². The Morgan fingerprint density at radius 3 is 2.45 bits per heavy atom. The van der Waals surface area contributed by atoms with E-state index in [1.54, 1.807) is 0 Å². The maximum Gasteiger partial charge on any atom is 0.241 e. The summed E-state index contributed by atoms with van der Waals surface area (Å²) in [5.41, 5.74) is 4.96. The molecule has 2 N–H and O–H groups in total. The Morgan fingerprint density at radius 1 is 1.55 bits per heavy atom. The van der Waals surface area contributed by atoms with Crippen LogP contribution in [0.15, 0.2) is 12.2 Å². The molecule has 2 atom stereocenters. The van der Waals surface area contributed by atoms with Crippen molar-refractivity contribution in [2.24, 2.45) is 17.6 Å². The molecule has 2 heteroatoms. The first-order chi connectivity index (χ1) is 5.07. The number of hydrogen-bond donors (Lipinski definition) is 1. The van der Waals surface area contributed by atoms with Crippen molar-refractivity contribution in [3.8, 4) is 0 Å². The lowest BCUT2D eigenvalue weighted by molar-refractivity contribution is -0.113. The molecule has 2 nitrogen and oxygen atoms in total. The van der Waals surface area contributed by atoms with Gasteiger partial charge in [0.2, 0.25) is 5.91 Å². The Labute approximate surface area is 68.5 Å². The van der Waals surface area contributed by atoms with E-state index < -0.39 is 0 Å². The second-order valence-corrected chi connectivity index (χ2v) is 3.01. The van der Waals surface area contributed by atoms with Crippen LogP contribution in [0.4, 0.5) is 0 Å². The number of allylic oxidation sites excluding steroid dienone is 1. The van der Waals surface area contributed by atoms with Crippen LogP contribution in [0.3, 0.4) is 0 Å². The summed E-state index contributed by atoms with van der Waals surface area (Å²) < 4.78 is 0. The highest BCUT2D eigenvalue weighted by Gasteiger charge is 2.05. The second-order valence-electron chi connectivity index (χ2n) is 3.01. The predicted octanol–water partition coefficient (Wildman–Crippen LogP) is 1.71. The smallest absolute Gasteiger partial charge is 0.241 e. The van der Waals surface area contributed by atoms with Crippen LogP contribution in [0.2, 0.25) is 0 Å². The fourth-order valence-electron chi connectivity index (χ4n) is 0.808. The molecule has 0 aliphatic heterocycles. The molecule has 0 aromatic carbocycles. The Kier molecular flexibility index (Phi) is 4.59. The zero-order chi connectivity index (χ0) is 8.85. The first kappa shape index (κ1) is 10.2. The largest absolute Gasteiger partial charge is 0.366 e. The fraction of sp³-hybridized carbons (Fsp3) is 0.667. The van der Waals surface area contributed by atoms with Gasteiger partial charge in [-0.2, -0.15) is 0 Å². The van der Waals surface area contributed by atoms with Crippen molar-refractivity contribution in [3.05, 3.63) is 12.2 Å². The van der Waals surface area contributed by atoms with E-state index in [0.29, 0.717) is 11.8 Å². The highest BCUT2D eigenvalue weighted by atomic mass is 16.1. The van der Waals surface area contributed by atoms with Crippen LogP contribution in [-0.2, 0) is 4.79 Å². The maximum atomic E-state index is 10.4. The van der Waals surface area contributed by atoms with Gasteiger partial charge in [0.1, 0.15) is 0 Å². The first-order valence-corrected chi connectivity index (χ1v) is 4.05. The molecule has 0 aliphatic carbocycles. The minimum Gasteiger partial charge on any atom is -0.366 e. The lowest BCUT2D eigenvalue weighted by Crippen LogP contribution is -2.08. The van der Waals surface area contributed by atoms with E-state index in [-0.39, 0.29) is 5.91 Å². The number of primary amides is 1. The molecule has 64 valence electrons. The third kappa shape index (κ3) is 4.59. The summed E-state index contributed by atoms with van der Waals surface area (Å²) in [5.74, 6) is 0.693. The third-order valence-electron chi connectivity index (χ3n) is 2.11. The van der Waals surface area contributed by atoms with Gasteiger partial charge in [0.05, 0.1) is 0 Å². The average molecular weight is 155 g/mol. The van der Waals surface area contributed by atoms with Crippen molar-refractivity contribution in [2.45, 2.75) is 27.2 Å². The van der Waals surface area contributed by atoms with Crippen molar-refractivity contribution < 1.29 is 4.79 Å². The summed E-state index contributed by atoms with van der Waals surface area (Å²) in [5, 5.41) is 0. The monoisotopic (exact) mass is 155 g/mol. The molecule has 2 unspecified atom stereocenters. The highest BCUT2D eigenvalue weighted by molar-refractivity contribution is 5.85. The summed E-state index contributed by atoms with van der Waals surface area (Å²) in [4.78, 5) is 10.4. The Morgan fingerprint density at radius 2 is 2.09 bits per heavy atom. The molecule has 0 saturated carbocycles.